The van der Waals surface area contributed by atoms with Crippen molar-refractivity contribution in [1.82, 2.24) is 0 Å². The van der Waals surface area contributed by atoms with Gasteiger partial charge >= 0.3 is 0 Å². The molecule has 0 fully saturated rings. The van der Waals surface area contributed by atoms with Gasteiger partial charge in [-0.2, -0.15) is 0 Å². The van der Waals surface area contributed by atoms with E-state index in [1.165, 1.54) is 75.3 Å². The third kappa shape index (κ3) is 9.30. The predicted molar refractivity (Wildman–Crippen MR) is 135 cm³/mol. The molecule has 0 aliphatic rings. The molecule has 0 amide bonds. The maximum absolute atomic E-state index is 6.13. The van der Waals surface area contributed by atoms with E-state index in [2.05, 4.69) is 37.4 Å². The number of benzene rings is 2. The summed E-state index contributed by atoms with van der Waals surface area (Å²) < 4.78 is 6.13. The molecule has 0 heterocycles. The maximum Gasteiger partial charge on any atom is 0.266 e. The molecular formula is C27H39NOS. The molecule has 0 atom stereocenters. The number of ether oxygens (including phenoxy) is 1. The molecule has 2 nitrogen and oxygen atoms in total. The molecule has 0 radical (unpaired) electrons. The number of hydrogen-bond donors (Lipinski definition) is 1. The number of rotatable bonds is 14. The summed E-state index contributed by atoms with van der Waals surface area (Å²) in [5, 5.41) is 3.61. The molecular weight excluding hydrogens is 386 g/mol. The molecule has 1 N–H and O–H groups in total. The van der Waals surface area contributed by atoms with Crippen LogP contribution in [0.2, 0.25) is 0 Å². The third-order valence-corrected chi connectivity index (χ3v) is 5.72. The molecule has 0 aliphatic heterocycles. The van der Waals surface area contributed by atoms with Crippen molar-refractivity contribution in [2.24, 2.45) is 0 Å². The van der Waals surface area contributed by atoms with Crippen LogP contribution in [-0.4, -0.2) is 5.17 Å². The van der Waals surface area contributed by atoms with Gasteiger partial charge in [0.05, 0.1) is 0 Å². The van der Waals surface area contributed by atoms with Crippen molar-refractivity contribution in [2.75, 3.05) is 5.32 Å². The zero-order valence-electron chi connectivity index (χ0n) is 18.9. The zero-order chi connectivity index (χ0) is 21.4. The van der Waals surface area contributed by atoms with Gasteiger partial charge in [-0.3, -0.25) is 0 Å². The lowest BCUT2D eigenvalue weighted by molar-refractivity contribution is 0.545. The van der Waals surface area contributed by atoms with E-state index in [4.69, 9.17) is 17.0 Å². The van der Waals surface area contributed by atoms with Gasteiger partial charge in [0.1, 0.15) is 5.75 Å². The summed E-state index contributed by atoms with van der Waals surface area (Å²) in [4.78, 5) is 0. The molecule has 3 heteroatoms. The Hall–Kier alpha value is -1.87. The monoisotopic (exact) mass is 425 g/mol. The number of para-hydroxylation sites is 1. The van der Waals surface area contributed by atoms with E-state index in [1.54, 1.807) is 0 Å². The summed E-state index contributed by atoms with van der Waals surface area (Å²) in [7, 11) is 0. The van der Waals surface area contributed by atoms with Crippen LogP contribution in [0.5, 0.6) is 5.75 Å². The van der Waals surface area contributed by atoms with Crippen molar-refractivity contribution in [2.45, 2.75) is 90.9 Å². The normalized spacial score (nSPS) is 10.7. The lowest BCUT2D eigenvalue weighted by Crippen LogP contribution is -2.17. The summed E-state index contributed by atoms with van der Waals surface area (Å²) >= 11 is 5.49. The molecule has 0 saturated carbocycles. The first-order chi connectivity index (χ1) is 14.7. The van der Waals surface area contributed by atoms with Gasteiger partial charge in [0, 0.05) is 5.69 Å². The van der Waals surface area contributed by atoms with Crippen LogP contribution in [0.15, 0.2) is 48.5 Å². The Morgan fingerprint density at radius 1 is 0.733 bits per heavy atom. The van der Waals surface area contributed by atoms with Crippen molar-refractivity contribution < 1.29 is 4.74 Å². The van der Waals surface area contributed by atoms with Crippen molar-refractivity contribution in [3.63, 3.8) is 0 Å². The maximum atomic E-state index is 6.13. The molecule has 30 heavy (non-hydrogen) atoms. The van der Waals surface area contributed by atoms with E-state index in [-0.39, 0.29) is 0 Å². The van der Waals surface area contributed by atoms with Crippen molar-refractivity contribution in [1.29, 1.82) is 0 Å². The van der Waals surface area contributed by atoms with Crippen LogP contribution < -0.4 is 10.1 Å². The highest BCUT2D eigenvalue weighted by atomic mass is 32.1. The van der Waals surface area contributed by atoms with Crippen LogP contribution in [-0.2, 0) is 12.8 Å². The predicted octanol–water partition coefficient (Wildman–Crippen LogP) is 8.49. The van der Waals surface area contributed by atoms with Crippen LogP contribution in [0, 0.1) is 0 Å². The van der Waals surface area contributed by atoms with Crippen LogP contribution in [0.3, 0.4) is 0 Å². The van der Waals surface area contributed by atoms with Crippen LogP contribution in [0.4, 0.5) is 5.69 Å². The van der Waals surface area contributed by atoms with Crippen molar-refractivity contribution in [3.05, 3.63) is 59.7 Å². The van der Waals surface area contributed by atoms with E-state index >= 15 is 0 Å². The molecule has 2 aromatic carbocycles. The topological polar surface area (TPSA) is 21.3 Å². The smallest absolute Gasteiger partial charge is 0.266 e. The van der Waals surface area contributed by atoms with Gasteiger partial charge in [-0.1, -0.05) is 95.5 Å². The standard InChI is InChI=1S/C27H39NOS/c1-3-5-7-9-12-17-23-18-16-22-26(25(23)21-15-10-8-6-4-2)29-27(30)28-24-19-13-11-14-20-24/h11,13-14,16,18-20,22H,3-10,12,15,17,21H2,1-2H3,(H,28,30). The molecule has 2 rings (SSSR count). The fourth-order valence-corrected chi connectivity index (χ4v) is 4.02. The summed E-state index contributed by atoms with van der Waals surface area (Å²) in [6.45, 7) is 4.53. The van der Waals surface area contributed by atoms with Crippen LogP contribution in [0.25, 0.3) is 0 Å². The van der Waals surface area contributed by atoms with E-state index in [9.17, 15) is 0 Å². The van der Waals surface area contributed by atoms with E-state index < -0.39 is 0 Å². The minimum absolute atomic E-state index is 0.411. The molecule has 0 aromatic heterocycles. The average Bonchev–Trinajstić information content (AvgIpc) is 2.75. The summed E-state index contributed by atoms with van der Waals surface area (Å²) in [6.07, 6.45) is 15.1. The number of unbranched alkanes of at least 4 members (excludes halogenated alkanes) is 8. The van der Waals surface area contributed by atoms with Gasteiger partial charge in [0.25, 0.3) is 5.17 Å². The largest absolute Gasteiger partial charge is 0.431 e. The molecule has 0 aliphatic carbocycles. The van der Waals surface area contributed by atoms with Gasteiger partial charge in [0.15, 0.2) is 0 Å². The molecule has 2 aromatic rings. The Morgan fingerprint density at radius 3 is 2.03 bits per heavy atom. The summed E-state index contributed by atoms with van der Waals surface area (Å²) in [6, 6.07) is 16.4. The highest BCUT2D eigenvalue weighted by molar-refractivity contribution is 7.80. The Morgan fingerprint density at radius 2 is 1.37 bits per heavy atom. The van der Waals surface area contributed by atoms with E-state index in [1.807, 2.05) is 30.3 Å². The fraction of sp³-hybridized carbons (Fsp3) is 0.519. The second-order valence-electron chi connectivity index (χ2n) is 8.10. The molecule has 0 spiro atoms. The third-order valence-electron chi connectivity index (χ3n) is 5.53. The zero-order valence-corrected chi connectivity index (χ0v) is 19.7. The lowest BCUT2D eigenvalue weighted by Gasteiger charge is -2.17. The quantitative estimate of drug-likeness (QED) is 0.242. The van der Waals surface area contributed by atoms with Gasteiger partial charge in [-0.25, -0.2) is 0 Å². The number of hydrogen-bond acceptors (Lipinski definition) is 2. The highest BCUT2D eigenvalue weighted by Gasteiger charge is 2.12. The number of aryl methyl sites for hydroxylation is 1. The first kappa shape index (κ1) is 24.4. The Labute approximate surface area is 189 Å². The van der Waals surface area contributed by atoms with Crippen molar-refractivity contribution in [3.8, 4) is 5.75 Å². The van der Waals surface area contributed by atoms with E-state index in [0.29, 0.717) is 5.17 Å². The van der Waals surface area contributed by atoms with E-state index in [0.717, 1.165) is 24.3 Å². The van der Waals surface area contributed by atoms with Crippen LogP contribution in [0.1, 0.15) is 89.2 Å². The van der Waals surface area contributed by atoms with Gasteiger partial charge < -0.3 is 10.1 Å². The Kier molecular flexibility index (Phi) is 12.2. The Balaban J connectivity index is 2.03. The first-order valence-electron chi connectivity index (χ1n) is 11.9. The molecule has 0 bridgehead atoms. The van der Waals surface area contributed by atoms with Gasteiger partial charge in [0.2, 0.25) is 0 Å². The lowest BCUT2D eigenvalue weighted by atomic mass is 9.95. The number of thiocarbonyl (C=S) groups is 1. The van der Waals surface area contributed by atoms with Gasteiger partial charge in [-0.15, -0.1) is 0 Å². The van der Waals surface area contributed by atoms with Crippen LogP contribution >= 0.6 is 12.2 Å². The summed E-state index contributed by atoms with van der Waals surface area (Å²) in [5.41, 5.74) is 3.74. The average molecular weight is 426 g/mol. The second kappa shape index (κ2) is 15.0. The number of anilines is 1. The first-order valence-corrected chi connectivity index (χ1v) is 12.3. The van der Waals surface area contributed by atoms with Gasteiger partial charge in [-0.05, 0) is 67.2 Å². The molecule has 0 saturated heterocycles. The van der Waals surface area contributed by atoms with Crippen molar-refractivity contribution >= 4 is 23.1 Å². The summed E-state index contributed by atoms with van der Waals surface area (Å²) in [5.74, 6) is 0.921. The Bertz CT molecular complexity index is 729. The molecule has 0 unspecified atom stereocenters. The minimum atomic E-state index is 0.411. The highest BCUT2D eigenvalue weighted by Crippen LogP contribution is 2.27. The number of nitrogens with one attached hydrogen (secondary N) is 1. The fourth-order valence-electron chi connectivity index (χ4n) is 3.81. The SMILES string of the molecule is CCCCCCCc1cccc(OC(=S)Nc2ccccc2)c1CCCCCCC. The minimum Gasteiger partial charge on any atom is -0.431 e. The second-order valence-corrected chi connectivity index (χ2v) is 8.47. The molecule has 164 valence electrons.